The third-order valence-corrected chi connectivity index (χ3v) is 4.07. The lowest BCUT2D eigenvalue weighted by atomic mass is 10.2. The van der Waals surface area contributed by atoms with Gasteiger partial charge in [-0.05, 0) is 24.1 Å². The molecular weight excluding hydrogens is 250 g/mol. The number of hydrogen-bond acceptors (Lipinski definition) is 3. The van der Waals surface area contributed by atoms with Crippen LogP contribution in [-0.4, -0.2) is 18.2 Å². The van der Waals surface area contributed by atoms with Crippen LogP contribution in [0.2, 0.25) is 0 Å². The maximum atomic E-state index is 12.1. The van der Waals surface area contributed by atoms with Crippen molar-refractivity contribution in [3.05, 3.63) is 42.1 Å². The number of nitrogens with one attached hydrogen (secondary N) is 1. The summed E-state index contributed by atoms with van der Waals surface area (Å²) in [5.74, 6) is 0.439. The molecule has 0 fully saturated rings. The summed E-state index contributed by atoms with van der Waals surface area (Å²) >= 11 is 0. The summed E-state index contributed by atoms with van der Waals surface area (Å²) in [6.45, 7) is 2.03. The average Bonchev–Trinajstić information content (AvgIpc) is 2.74. The molecule has 2 aromatic rings. The van der Waals surface area contributed by atoms with Crippen molar-refractivity contribution in [3.8, 4) is 0 Å². The van der Waals surface area contributed by atoms with Crippen LogP contribution in [-0.2, 0) is 23.5 Å². The minimum absolute atomic E-state index is 0.251. The van der Waals surface area contributed by atoms with Crippen molar-refractivity contribution in [2.75, 3.05) is 4.72 Å². The van der Waals surface area contributed by atoms with E-state index in [0.717, 1.165) is 12.0 Å². The Morgan fingerprint density at radius 2 is 1.89 bits per heavy atom. The molecule has 0 radical (unpaired) electrons. The number of benzene rings is 1. The van der Waals surface area contributed by atoms with Gasteiger partial charge in [-0.1, -0.05) is 19.1 Å². The van der Waals surface area contributed by atoms with Gasteiger partial charge < -0.3 is 0 Å². The summed E-state index contributed by atoms with van der Waals surface area (Å²) in [5, 5.41) is 3.91. The number of aromatic nitrogens is 2. The highest BCUT2D eigenvalue weighted by atomic mass is 32.2. The van der Waals surface area contributed by atoms with Crippen LogP contribution in [0.3, 0.4) is 0 Å². The lowest BCUT2D eigenvalue weighted by Gasteiger charge is -2.08. The number of nitrogens with zero attached hydrogens (tertiary/aromatic N) is 2. The molecule has 1 N–H and O–H groups in total. The standard InChI is InChI=1S/C12H15N3O2S/c1-3-10-4-6-11(7-5-10)18(16,17)14-12-8-9-13-15(12)2/h4-9,14H,3H2,1-2H3. The van der Waals surface area contributed by atoms with Crippen LogP contribution >= 0.6 is 0 Å². The van der Waals surface area contributed by atoms with Crippen molar-refractivity contribution in [1.29, 1.82) is 0 Å². The summed E-state index contributed by atoms with van der Waals surface area (Å²) < 4.78 is 28.2. The van der Waals surface area contributed by atoms with Gasteiger partial charge in [0.2, 0.25) is 0 Å². The highest BCUT2D eigenvalue weighted by Crippen LogP contribution is 2.15. The summed E-state index contributed by atoms with van der Waals surface area (Å²) in [4.78, 5) is 0.251. The molecule has 18 heavy (non-hydrogen) atoms. The molecule has 0 aliphatic carbocycles. The van der Waals surface area contributed by atoms with Gasteiger partial charge >= 0.3 is 0 Å². The van der Waals surface area contributed by atoms with E-state index in [-0.39, 0.29) is 4.90 Å². The second-order valence-electron chi connectivity index (χ2n) is 3.94. The quantitative estimate of drug-likeness (QED) is 0.916. The number of sulfonamides is 1. The van der Waals surface area contributed by atoms with Gasteiger partial charge in [-0.2, -0.15) is 5.10 Å². The first-order valence-electron chi connectivity index (χ1n) is 5.62. The first-order chi connectivity index (χ1) is 8.53. The average molecular weight is 265 g/mol. The summed E-state index contributed by atoms with van der Waals surface area (Å²) in [6, 6.07) is 8.46. The van der Waals surface area contributed by atoms with Gasteiger partial charge in [-0.15, -0.1) is 0 Å². The van der Waals surface area contributed by atoms with Crippen LogP contribution in [0.5, 0.6) is 0 Å². The molecule has 0 atom stereocenters. The molecule has 6 heteroatoms. The van der Waals surface area contributed by atoms with Gasteiger partial charge in [0, 0.05) is 13.1 Å². The first-order valence-corrected chi connectivity index (χ1v) is 7.11. The van der Waals surface area contributed by atoms with E-state index in [0.29, 0.717) is 5.82 Å². The Morgan fingerprint density at radius 1 is 1.22 bits per heavy atom. The molecule has 0 unspecified atom stereocenters. The zero-order valence-corrected chi connectivity index (χ0v) is 11.1. The largest absolute Gasteiger partial charge is 0.264 e. The second-order valence-corrected chi connectivity index (χ2v) is 5.63. The predicted molar refractivity (Wildman–Crippen MR) is 69.8 cm³/mol. The maximum Gasteiger partial charge on any atom is 0.263 e. The third kappa shape index (κ3) is 2.53. The van der Waals surface area contributed by atoms with E-state index in [1.807, 2.05) is 19.1 Å². The lowest BCUT2D eigenvalue weighted by molar-refractivity contribution is 0.600. The Labute approximate surface area is 107 Å². The van der Waals surface area contributed by atoms with Crippen molar-refractivity contribution in [2.45, 2.75) is 18.2 Å². The zero-order chi connectivity index (χ0) is 13.2. The second kappa shape index (κ2) is 4.81. The zero-order valence-electron chi connectivity index (χ0n) is 10.3. The van der Waals surface area contributed by atoms with Crippen molar-refractivity contribution in [2.24, 2.45) is 7.05 Å². The van der Waals surface area contributed by atoms with E-state index in [1.165, 1.54) is 10.9 Å². The molecule has 1 aromatic heterocycles. The molecule has 5 nitrogen and oxygen atoms in total. The van der Waals surface area contributed by atoms with Gasteiger partial charge in [-0.25, -0.2) is 8.42 Å². The monoisotopic (exact) mass is 265 g/mol. The molecule has 0 saturated carbocycles. The molecule has 1 aromatic carbocycles. The van der Waals surface area contributed by atoms with Crippen LogP contribution in [0, 0.1) is 0 Å². The molecule has 0 bridgehead atoms. The Kier molecular flexibility index (Phi) is 3.38. The Morgan fingerprint density at radius 3 is 2.39 bits per heavy atom. The SMILES string of the molecule is CCc1ccc(S(=O)(=O)Nc2ccnn2C)cc1. The lowest BCUT2D eigenvalue weighted by Crippen LogP contribution is -2.15. The van der Waals surface area contributed by atoms with Crippen molar-refractivity contribution >= 4 is 15.8 Å². The fourth-order valence-corrected chi connectivity index (χ4v) is 2.66. The van der Waals surface area contributed by atoms with Gasteiger partial charge in [0.25, 0.3) is 10.0 Å². The highest BCUT2D eigenvalue weighted by molar-refractivity contribution is 7.92. The molecule has 0 amide bonds. The van der Waals surface area contributed by atoms with Crippen LogP contribution in [0.15, 0.2) is 41.4 Å². The highest BCUT2D eigenvalue weighted by Gasteiger charge is 2.15. The van der Waals surface area contributed by atoms with E-state index in [9.17, 15) is 8.42 Å². The van der Waals surface area contributed by atoms with Gasteiger partial charge in [0.1, 0.15) is 5.82 Å². The summed E-state index contributed by atoms with van der Waals surface area (Å²) in [5.41, 5.74) is 1.11. The molecule has 0 saturated heterocycles. The van der Waals surface area contributed by atoms with Gasteiger partial charge in [0.05, 0.1) is 11.1 Å². The van der Waals surface area contributed by atoms with Gasteiger partial charge in [0.15, 0.2) is 0 Å². The van der Waals surface area contributed by atoms with E-state index < -0.39 is 10.0 Å². The summed E-state index contributed by atoms with van der Waals surface area (Å²) in [7, 11) is -1.86. The minimum atomic E-state index is -3.54. The number of rotatable bonds is 4. The minimum Gasteiger partial charge on any atom is -0.264 e. The van der Waals surface area contributed by atoms with Crippen LogP contribution in [0.4, 0.5) is 5.82 Å². The van der Waals surface area contributed by atoms with Gasteiger partial charge in [-0.3, -0.25) is 9.40 Å². The third-order valence-electron chi connectivity index (χ3n) is 2.70. The number of anilines is 1. The van der Waals surface area contributed by atoms with Crippen molar-refractivity contribution in [3.63, 3.8) is 0 Å². The molecule has 0 aliphatic heterocycles. The Balaban J connectivity index is 2.28. The van der Waals surface area contributed by atoms with E-state index in [1.54, 1.807) is 25.2 Å². The number of aryl methyl sites for hydroxylation is 2. The molecular formula is C12H15N3O2S. The van der Waals surface area contributed by atoms with Crippen molar-refractivity contribution in [1.82, 2.24) is 9.78 Å². The Bertz CT molecular complexity index is 630. The molecule has 0 spiro atoms. The van der Waals surface area contributed by atoms with Crippen molar-refractivity contribution < 1.29 is 8.42 Å². The fourth-order valence-electron chi connectivity index (χ4n) is 1.57. The first kappa shape index (κ1) is 12.6. The van der Waals surface area contributed by atoms with Crippen LogP contribution in [0.1, 0.15) is 12.5 Å². The molecule has 2 rings (SSSR count). The number of hydrogen-bond donors (Lipinski definition) is 1. The molecule has 96 valence electrons. The van der Waals surface area contributed by atoms with E-state index in [4.69, 9.17) is 0 Å². The summed E-state index contributed by atoms with van der Waals surface area (Å²) in [6.07, 6.45) is 2.42. The predicted octanol–water partition coefficient (Wildman–Crippen LogP) is 1.78. The van der Waals surface area contributed by atoms with Crippen LogP contribution in [0.25, 0.3) is 0 Å². The molecule has 1 heterocycles. The maximum absolute atomic E-state index is 12.1. The topological polar surface area (TPSA) is 64.0 Å². The molecule has 0 aliphatic rings. The van der Waals surface area contributed by atoms with E-state index >= 15 is 0 Å². The fraction of sp³-hybridized carbons (Fsp3) is 0.250. The Hall–Kier alpha value is -1.82. The smallest absolute Gasteiger partial charge is 0.263 e. The van der Waals surface area contributed by atoms with Crippen LogP contribution < -0.4 is 4.72 Å². The van der Waals surface area contributed by atoms with E-state index in [2.05, 4.69) is 9.82 Å². The normalized spacial score (nSPS) is 11.4.